The van der Waals surface area contributed by atoms with Gasteiger partial charge in [0.05, 0.1) is 6.61 Å². The highest BCUT2D eigenvalue weighted by Gasteiger charge is 2.02. The average Bonchev–Trinajstić information content (AvgIpc) is 3.03. The molecule has 0 fully saturated rings. The lowest BCUT2D eigenvalue weighted by molar-refractivity contribution is -0.121. The molecule has 1 N–H and O–H groups in total. The maximum atomic E-state index is 11.7. The molecule has 1 heterocycles. The van der Waals surface area contributed by atoms with Crippen molar-refractivity contribution in [3.63, 3.8) is 0 Å². The number of carbonyl (C=O) groups excluding carboxylic acids is 1. The fourth-order valence-corrected chi connectivity index (χ4v) is 3.00. The van der Waals surface area contributed by atoms with E-state index in [2.05, 4.69) is 38.8 Å². The summed E-state index contributed by atoms with van der Waals surface area (Å²) >= 11 is 5.15. The number of halogens is 1. The van der Waals surface area contributed by atoms with Crippen LogP contribution in [-0.4, -0.2) is 19.1 Å². The fourth-order valence-electron chi connectivity index (χ4n) is 1.99. The molecule has 0 atom stereocenters. The van der Waals surface area contributed by atoms with Crippen LogP contribution in [0.1, 0.15) is 24.1 Å². The van der Waals surface area contributed by atoms with Gasteiger partial charge in [-0.3, -0.25) is 4.79 Å². The Bertz CT molecular complexity index is 555. The molecule has 0 saturated carbocycles. The van der Waals surface area contributed by atoms with Gasteiger partial charge in [0.25, 0.3) is 0 Å². The molecule has 3 nitrogen and oxygen atoms in total. The summed E-state index contributed by atoms with van der Waals surface area (Å²) in [6.45, 7) is 1.30. The van der Waals surface area contributed by atoms with Crippen molar-refractivity contribution in [2.45, 2.75) is 25.7 Å². The van der Waals surface area contributed by atoms with Crippen LogP contribution in [0.5, 0.6) is 5.75 Å². The summed E-state index contributed by atoms with van der Waals surface area (Å²) in [4.78, 5) is 13.1. The lowest BCUT2D eigenvalue weighted by Gasteiger charge is -2.07. The molecule has 0 aliphatic carbocycles. The molecule has 22 heavy (non-hydrogen) atoms. The molecule has 2 aromatic rings. The molecular formula is C17H20BrNO2S. The molecule has 0 spiro atoms. The number of nitrogens with one attached hydrogen (secondary N) is 1. The lowest BCUT2D eigenvalue weighted by Crippen LogP contribution is -2.24. The van der Waals surface area contributed by atoms with Gasteiger partial charge in [0.1, 0.15) is 5.75 Å². The molecule has 0 unspecified atom stereocenters. The maximum absolute atomic E-state index is 11.7. The first-order valence-electron chi connectivity index (χ1n) is 7.41. The van der Waals surface area contributed by atoms with E-state index in [0.717, 1.165) is 36.0 Å². The lowest BCUT2D eigenvalue weighted by atomic mass is 10.2. The van der Waals surface area contributed by atoms with E-state index < -0.39 is 0 Å². The first kappa shape index (κ1) is 17.0. The Labute approximate surface area is 143 Å². The van der Waals surface area contributed by atoms with E-state index in [0.29, 0.717) is 13.0 Å². The minimum absolute atomic E-state index is 0.102. The molecule has 1 amide bonds. The van der Waals surface area contributed by atoms with Gasteiger partial charge in [0.2, 0.25) is 5.91 Å². The van der Waals surface area contributed by atoms with Gasteiger partial charge >= 0.3 is 0 Å². The van der Waals surface area contributed by atoms with Gasteiger partial charge in [0, 0.05) is 22.3 Å². The third-order valence-electron chi connectivity index (χ3n) is 3.13. The van der Waals surface area contributed by atoms with Crippen LogP contribution in [0, 0.1) is 0 Å². The van der Waals surface area contributed by atoms with Gasteiger partial charge in [-0.15, -0.1) is 11.3 Å². The van der Waals surface area contributed by atoms with Crippen LogP contribution < -0.4 is 10.1 Å². The van der Waals surface area contributed by atoms with E-state index in [1.54, 1.807) is 11.3 Å². The molecule has 1 aromatic heterocycles. The van der Waals surface area contributed by atoms with Crippen molar-refractivity contribution in [3.8, 4) is 5.75 Å². The molecule has 1 aromatic carbocycles. The minimum atomic E-state index is 0.102. The second-order valence-corrected chi connectivity index (χ2v) is 6.89. The van der Waals surface area contributed by atoms with Crippen LogP contribution in [0.15, 0.2) is 46.3 Å². The molecule has 0 bridgehead atoms. The normalized spacial score (nSPS) is 10.4. The molecule has 0 aliphatic rings. The van der Waals surface area contributed by atoms with Crippen molar-refractivity contribution in [1.82, 2.24) is 5.32 Å². The van der Waals surface area contributed by atoms with Crippen molar-refractivity contribution in [1.29, 1.82) is 0 Å². The molecule has 0 saturated heterocycles. The zero-order valence-corrected chi connectivity index (χ0v) is 14.8. The molecule has 0 aliphatic heterocycles. The number of rotatable bonds is 9. The average molecular weight is 382 g/mol. The standard InChI is InChI=1S/C17H20BrNO2S/c18-14-7-9-15(10-8-14)21-12-2-6-17(20)19-11-1-4-16-5-3-13-22-16/h3,5,7-10,13H,1-2,4,6,11-12H2,(H,19,20). The van der Waals surface area contributed by atoms with Crippen LogP contribution in [0.25, 0.3) is 0 Å². The number of aryl methyl sites for hydroxylation is 1. The number of benzene rings is 1. The summed E-state index contributed by atoms with van der Waals surface area (Å²) in [6, 6.07) is 11.9. The minimum Gasteiger partial charge on any atom is -0.494 e. The summed E-state index contributed by atoms with van der Waals surface area (Å²) in [6.07, 6.45) is 3.26. The monoisotopic (exact) mass is 381 g/mol. The smallest absolute Gasteiger partial charge is 0.220 e. The van der Waals surface area contributed by atoms with Gasteiger partial charge in [-0.25, -0.2) is 0 Å². The number of carbonyl (C=O) groups is 1. The van der Waals surface area contributed by atoms with Crippen molar-refractivity contribution < 1.29 is 9.53 Å². The molecular weight excluding hydrogens is 362 g/mol. The summed E-state index contributed by atoms with van der Waals surface area (Å²) in [5.74, 6) is 0.935. The first-order valence-corrected chi connectivity index (χ1v) is 9.09. The third-order valence-corrected chi connectivity index (χ3v) is 4.60. The van der Waals surface area contributed by atoms with E-state index in [1.165, 1.54) is 4.88 Å². The van der Waals surface area contributed by atoms with Gasteiger partial charge in [-0.2, -0.15) is 0 Å². The van der Waals surface area contributed by atoms with Crippen molar-refractivity contribution in [2.24, 2.45) is 0 Å². The Morgan fingerprint density at radius 3 is 2.73 bits per heavy atom. The summed E-state index contributed by atoms with van der Waals surface area (Å²) in [5.41, 5.74) is 0. The van der Waals surface area contributed by atoms with Crippen molar-refractivity contribution in [2.75, 3.05) is 13.2 Å². The van der Waals surface area contributed by atoms with Crippen LogP contribution in [0.4, 0.5) is 0 Å². The Balaban J connectivity index is 1.49. The van der Waals surface area contributed by atoms with E-state index >= 15 is 0 Å². The zero-order valence-electron chi connectivity index (χ0n) is 12.4. The summed E-state index contributed by atoms with van der Waals surface area (Å²) in [5, 5.41) is 5.04. The molecule has 0 radical (unpaired) electrons. The Kier molecular flexibility index (Phi) is 7.46. The SMILES string of the molecule is O=C(CCCOc1ccc(Br)cc1)NCCCc1cccs1. The van der Waals surface area contributed by atoms with Gasteiger partial charge in [-0.05, 0) is 55.0 Å². The fraction of sp³-hybridized carbons (Fsp3) is 0.353. The van der Waals surface area contributed by atoms with Crippen LogP contribution in [0.3, 0.4) is 0 Å². The highest BCUT2D eigenvalue weighted by Crippen LogP contribution is 2.16. The highest BCUT2D eigenvalue weighted by atomic mass is 79.9. The topological polar surface area (TPSA) is 38.3 Å². The second-order valence-electron chi connectivity index (χ2n) is 4.94. The Hall–Kier alpha value is -1.33. The van der Waals surface area contributed by atoms with Gasteiger partial charge in [-0.1, -0.05) is 22.0 Å². The Morgan fingerprint density at radius 1 is 1.18 bits per heavy atom. The van der Waals surface area contributed by atoms with E-state index in [-0.39, 0.29) is 5.91 Å². The first-order chi connectivity index (χ1) is 10.7. The van der Waals surface area contributed by atoms with Crippen LogP contribution >= 0.6 is 27.3 Å². The quantitative estimate of drug-likeness (QED) is 0.652. The Morgan fingerprint density at radius 2 is 2.00 bits per heavy atom. The predicted molar refractivity (Wildman–Crippen MR) is 94.5 cm³/mol. The van der Waals surface area contributed by atoms with E-state index in [1.807, 2.05) is 24.3 Å². The highest BCUT2D eigenvalue weighted by molar-refractivity contribution is 9.10. The number of hydrogen-bond donors (Lipinski definition) is 1. The van der Waals surface area contributed by atoms with Crippen molar-refractivity contribution >= 4 is 33.2 Å². The number of hydrogen-bond acceptors (Lipinski definition) is 3. The summed E-state index contributed by atoms with van der Waals surface area (Å²) in [7, 11) is 0. The predicted octanol–water partition coefficient (Wildman–Crippen LogP) is 4.42. The largest absolute Gasteiger partial charge is 0.494 e. The van der Waals surface area contributed by atoms with Crippen LogP contribution in [0.2, 0.25) is 0 Å². The van der Waals surface area contributed by atoms with Gasteiger partial charge in [0.15, 0.2) is 0 Å². The van der Waals surface area contributed by atoms with Crippen molar-refractivity contribution in [3.05, 3.63) is 51.1 Å². The summed E-state index contributed by atoms with van der Waals surface area (Å²) < 4.78 is 6.62. The number of amides is 1. The van der Waals surface area contributed by atoms with E-state index in [9.17, 15) is 4.79 Å². The molecule has 5 heteroatoms. The third kappa shape index (κ3) is 6.62. The van der Waals surface area contributed by atoms with Gasteiger partial charge < -0.3 is 10.1 Å². The number of thiophene rings is 1. The molecule has 118 valence electrons. The number of ether oxygens (including phenoxy) is 1. The van der Waals surface area contributed by atoms with E-state index in [4.69, 9.17) is 4.74 Å². The van der Waals surface area contributed by atoms with Crippen LogP contribution in [-0.2, 0) is 11.2 Å². The second kappa shape index (κ2) is 9.64. The molecule has 2 rings (SSSR count). The maximum Gasteiger partial charge on any atom is 0.220 e. The zero-order chi connectivity index (χ0) is 15.6.